The van der Waals surface area contributed by atoms with Gasteiger partial charge in [-0.2, -0.15) is 0 Å². The summed E-state index contributed by atoms with van der Waals surface area (Å²) in [6, 6.07) is 5.67. The standard InChI is InChI=1S/C16H21BrN2O2/c1-11-9-13(17)7-8-14(11)19-15(20)10-18-16(21)12-5-3-2-4-6-12/h7-9,12H,2-6,10H2,1H3,(H,18,21)(H,19,20). The Kier molecular flexibility index (Phi) is 5.79. The van der Waals surface area contributed by atoms with Gasteiger partial charge in [0.15, 0.2) is 0 Å². The number of halogens is 1. The first-order valence-corrected chi connectivity index (χ1v) is 8.19. The van der Waals surface area contributed by atoms with Crippen molar-refractivity contribution in [2.45, 2.75) is 39.0 Å². The van der Waals surface area contributed by atoms with Crippen LogP contribution in [0.3, 0.4) is 0 Å². The van der Waals surface area contributed by atoms with Crippen molar-refractivity contribution < 1.29 is 9.59 Å². The Morgan fingerprint density at radius 1 is 1.24 bits per heavy atom. The lowest BCUT2D eigenvalue weighted by Gasteiger charge is -2.20. The number of benzene rings is 1. The molecule has 1 saturated carbocycles. The summed E-state index contributed by atoms with van der Waals surface area (Å²) in [6.07, 6.45) is 5.33. The van der Waals surface area contributed by atoms with Crippen LogP contribution in [0, 0.1) is 12.8 Å². The summed E-state index contributed by atoms with van der Waals surface area (Å²) in [6.45, 7) is 1.96. The van der Waals surface area contributed by atoms with Gasteiger partial charge in [-0.05, 0) is 43.5 Å². The van der Waals surface area contributed by atoms with Crippen molar-refractivity contribution in [2.24, 2.45) is 5.92 Å². The van der Waals surface area contributed by atoms with Gasteiger partial charge < -0.3 is 10.6 Å². The van der Waals surface area contributed by atoms with Crippen molar-refractivity contribution in [3.05, 3.63) is 28.2 Å². The molecule has 0 atom stereocenters. The Morgan fingerprint density at radius 2 is 1.95 bits per heavy atom. The number of hydrogen-bond donors (Lipinski definition) is 2. The molecule has 4 nitrogen and oxygen atoms in total. The summed E-state index contributed by atoms with van der Waals surface area (Å²) in [7, 11) is 0. The maximum Gasteiger partial charge on any atom is 0.243 e. The molecule has 0 saturated heterocycles. The van der Waals surface area contributed by atoms with Gasteiger partial charge in [-0.15, -0.1) is 0 Å². The van der Waals surface area contributed by atoms with Crippen LogP contribution in [0.1, 0.15) is 37.7 Å². The van der Waals surface area contributed by atoms with E-state index >= 15 is 0 Å². The third-order valence-corrected chi connectivity index (χ3v) is 4.35. The molecule has 2 rings (SSSR count). The Balaban J connectivity index is 1.80. The van der Waals surface area contributed by atoms with Crippen LogP contribution in [-0.2, 0) is 9.59 Å². The zero-order valence-corrected chi connectivity index (χ0v) is 13.8. The summed E-state index contributed by atoms with van der Waals surface area (Å²) in [5.74, 6) is -0.0945. The van der Waals surface area contributed by atoms with E-state index in [-0.39, 0.29) is 24.3 Å². The lowest BCUT2D eigenvalue weighted by molar-refractivity contribution is -0.128. The summed E-state index contributed by atoms with van der Waals surface area (Å²) < 4.78 is 0.976. The Hall–Kier alpha value is -1.36. The summed E-state index contributed by atoms with van der Waals surface area (Å²) in [5, 5.41) is 5.56. The fourth-order valence-electron chi connectivity index (χ4n) is 2.64. The van der Waals surface area contributed by atoms with Crippen molar-refractivity contribution in [1.29, 1.82) is 0 Å². The van der Waals surface area contributed by atoms with Crippen molar-refractivity contribution in [1.82, 2.24) is 5.32 Å². The van der Waals surface area contributed by atoms with Crippen LogP contribution in [0.25, 0.3) is 0 Å². The first-order valence-electron chi connectivity index (χ1n) is 7.40. The number of carbonyl (C=O) groups excluding carboxylic acids is 2. The quantitative estimate of drug-likeness (QED) is 0.872. The molecule has 0 aliphatic heterocycles. The number of nitrogens with one attached hydrogen (secondary N) is 2. The lowest BCUT2D eigenvalue weighted by atomic mass is 9.89. The third kappa shape index (κ3) is 4.84. The van der Waals surface area contributed by atoms with E-state index in [1.165, 1.54) is 6.42 Å². The Morgan fingerprint density at radius 3 is 2.62 bits per heavy atom. The minimum Gasteiger partial charge on any atom is -0.347 e. The van der Waals surface area contributed by atoms with Gasteiger partial charge >= 0.3 is 0 Å². The molecule has 0 radical (unpaired) electrons. The smallest absolute Gasteiger partial charge is 0.243 e. The van der Waals surface area contributed by atoms with Gasteiger partial charge in [0.05, 0.1) is 6.54 Å². The molecular formula is C16H21BrN2O2. The zero-order chi connectivity index (χ0) is 15.2. The predicted octanol–water partition coefficient (Wildman–Crippen LogP) is 3.39. The number of rotatable bonds is 4. The second kappa shape index (κ2) is 7.59. The van der Waals surface area contributed by atoms with Crippen LogP contribution in [0.4, 0.5) is 5.69 Å². The average Bonchev–Trinajstić information content (AvgIpc) is 2.48. The summed E-state index contributed by atoms with van der Waals surface area (Å²) in [4.78, 5) is 23.9. The second-order valence-electron chi connectivity index (χ2n) is 5.56. The van der Waals surface area contributed by atoms with Crippen LogP contribution >= 0.6 is 15.9 Å². The van der Waals surface area contributed by atoms with E-state index in [0.717, 1.165) is 41.4 Å². The fraction of sp³-hybridized carbons (Fsp3) is 0.500. The number of hydrogen-bond acceptors (Lipinski definition) is 2. The summed E-state index contributed by atoms with van der Waals surface area (Å²) >= 11 is 3.39. The van der Waals surface area contributed by atoms with Crippen molar-refractivity contribution in [2.75, 3.05) is 11.9 Å². The van der Waals surface area contributed by atoms with E-state index in [2.05, 4.69) is 26.6 Å². The SMILES string of the molecule is Cc1cc(Br)ccc1NC(=O)CNC(=O)C1CCCCC1. The van der Waals surface area contributed by atoms with Gasteiger partial charge in [0.2, 0.25) is 11.8 Å². The third-order valence-electron chi connectivity index (χ3n) is 3.86. The first-order chi connectivity index (χ1) is 10.1. The summed E-state index contributed by atoms with van der Waals surface area (Å²) in [5.41, 5.74) is 1.76. The largest absolute Gasteiger partial charge is 0.347 e. The van der Waals surface area contributed by atoms with Gasteiger partial charge in [-0.3, -0.25) is 9.59 Å². The van der Waals surface area contributed by atoms with E-state index in [0.29, 0.717) is 0 Å². The molecular weight excluding hydrogens is 332 g/mol. The zero-order valence-electron chi connectivity index (χ0n) is 12.2. The van der Waals surface area contributed by atoms with Crippen LogP contribution in [0.15, 0.2) is 22.7 Å². The van der Waals surface area contributed by atoms with Gasteiger partial charge in [0.25, 0.3) is 0 Å². The normalized spacial score (nSPS) is 15.5. The van der Waals surface area contributed by atoms with E-state index in [1.807, 2.05) is 25.1 Å². The Labute approximate surface area is 133 Å². The molecule has 1 aliphatic carbocycles. The monoisotopic (exact) mass is 352 g/mol. The van der Waals surface area contributed by atoms with Crippen molar-refractivity contribution in [3.8, 4) is 0 Å². The van der Waals surface area contributed by atoms with Gasteiger partial charge in [-0.1, -0.05) is 35.2 Å². The van der Waals surface area contributed by atoms with Crippen LogP contribution in [0.2, 0.25) is 0 Å². The van der Waals surface area contributed by atoms with E-state index in [4.69, 9.17) is 0 Å². The number of carbonyl (C=O) groups is 2. The molecule has 0 spiro atoms. The second-order valence-corrected chi connectivity index (χ2v) is 6.48. The minimum atomic E-state index is -0.190. The number of amides is 2. The maximum absolute atomic E-state index is 12.0. The number of aryl methyl sites for hydroxylation is 1. The minimum absolute atomic E-state index is 0.0115. The maximum atomic E-state index is 12.0. The molecule has 114 valence electrons. The number of anilines is 1. The Bertz CT molecular complexity index is 525. The molecule has 0 bridgehead atoms. The van der Waals surface area contributed by atoms with Crippen LogP contribution in [-0.4, -0.2) is 18.4 Å². The highest BCUT2D eigenvalue weighted by atomic mass is 79.9. The predicted molar refractivity (Wildman–Crippen MR) is 87.1 cm³/mol. The van der Waals surface area contributed by atoms with E-state index in [9.17, 15) is 9.59 Å². The fourth-order valence-corrected chi connectivity index (χ4v) is 3.11. The molecule has 2 amide bonds. The molecule has 0 unspecified atom stereocenters. The van der Waals surface area contributed by atoms with Crippen molar-refractivity contribution >= 4 is 33.4 Å². The van der Waals surface area contributed by atoms with E-state index < -0.39 is 0 Å². The molecule has 0 heterocycles. The van der Waals surface area contributed by atoms with Crippen molar-refractivity contribution in [3.63, 3.8) is 0 Å². The van der Waals surface area contributed by atoms with Crippen LogP contribution < -0.4 is 10.6 Å². The first kappa shape index (κ1) is 16.0. The molecule has 1 fully saturated rings. The lowest BCUT2D eigenvalue weighted by Crippen LogP contribution is -2.37. The highest BCUT2D eigenvalue weighted by Gasteiger charge is 2.21. The highest BCUT2D eigenvalue weighted by Crippen LogP contribution is 2.23. The van der Waals surface area contributed by atoms with Gasteiger partial charge in [0, 0.05) is 16.1 Å². The average molecular weight is 353 g/mol. The van der Waals surface area contributed by atoms with Crippen LogP contribution in [0.5, 0.6) is 0 Å². The molecule has 1 aromatic carbocycles. The molecule has 0 aromatic heterocycles. The van der Waals surface area contributed by atoms with Gasteiger partial charge in [-0.25, -0.2) is 0 Å². The topological polar surface area (TPSA) is 58.2 Å². The molecule has 21 heavy (non-hydrogen) atoms. The molecule has 1 aliphatic rings. The molecule has 5 heteroatoms. The van der Waals surface area contributed by atoms with Gasteiger partial charge in [0.1, 0.15) is 0 Å². The highest BCUT2D eigenvalue weighted by molar-refractivity contribution is 9.10. The van der Waals surface area contributed by atoms with E-state index in [1.54, 1.807) is 0 Å². The molecule has 1 aromatic rings. The molecule has 2 N–H and O–H groups in total.